The molecule has 9 heavy (non-hydrogen) atoms. The van der Waals surface area contributed by atoms with Crippen LogP contribution in [0.25, 0.3) is 0 Å². The van der Waals surface area contributed by atoms with Gasteiger partial charge in [-0.1, -0.05) is 13.8 Å². The fourth-order valence-electron chi connectivity index (χ4n) is 0.325. The standard InChI is InChI=1S/C5H13O2PS/c1-3-5-7-8(6,9)4-2/h3-5H2,1-2H3,(H,6,9). The molecule has 1 atom stereocenters. The minimum atomic E-state index is -2.36. The van der Waals surface area contributed by atoms with Gasteiger partial charge in [0.05, 0.1) is 6.61 Å². The maximum atomic E-state index is 9.16. The van der Waals surface area contributed by atoms with E-state index in [4.69, 9.17) is 21.2 Å². The Bertz CT molecular complexity index is 116. The van der Waals surface area contributed by atoms with Crippen LogP contribution in [0, 0.1) is 0 Å². The van der Waals surface area contributed by atoms with Gasteiger partial charge in [0, 0.05) is 6.16 Å². The molecule has 0 radical (unpaired) electrons. The van der Waals surface area contributed by atoms with Crippen LogP contribution in [0.3, 0.4) is 0 Å². The van der Waals surface area contributed by atoms with Crippen LogP contribution in [0.4, 0.5) is 0 Å². The largest absolute Gasteiger partial charge is 0.345 e. The molecule has 0 aliphatic rings. The zero-order valence-electron chi connectivity index (χ0n) is 5.83. The van der Waals surface area contributed by atoms with Crippen LogP contribution in [-0.2, 0) is 16.3 Å². The molecular formula is C5H13O2PS. The molecule has 56 valence electrons. The summed E-state index contributed by atoms with van der Waals surface area (Å²) in [6.45, 7) is 2.06. The zero-order valence-corrected chi connectivity index (χ0v) is 7.54. The average Bonchev–Trinajstić information content (AvgIpc) is 1.84. The summed E-state index contributed by atoms with van der Waals surface area (Å²) in [4.78, 5) is 9.16. The Morgan fingerprint density at radius 1 is 1.56 bits per heavy atom. The molecule has 0 rings (SSSR count). The van der Waals surface area contributed by atoms with E-state index in [1.54, 1.807) is 0 Å². The first kappa shape index (κ1) is 9.57. The Balaban J connectivity index is 3.46. The lowest BCUT2D eigenvalue weighted by molar-refractivity contribution is 0.308. The Kier molecular flexibility index (Phi) is 4.67. The highest BCUT2D eigenvalue weighted by Crippen LogP contribution is 2.41. The van der Waals surface area contributed by atoms with Gasteiger partial charge in [0.15, 0.2) is 6.49 Å². The van der Waals surface area contributed by atoms with E-state index < -0.39 is 6.49 Å². The molecule has 0 aromatic carbocycles. The highest BCUT2D eigenvalue weighted by Gasteiger charge is 2.07. The lowest BCUT2D eigenvalue weighted by atomic mass is 10.5. The summed E-state index contributed by atoms with van der Waals surface area (Å²) in [6, 6.07) is 0. The van der Waals surface area contributed by atoms with E-state index in [0.29, 0.717) is 12.8 Å². The van der Waals surface area contributed by atoms with Crippen LogP contribution in [0.2, 0.25) is 0 Å². The zero-order chi connectivity index (χ0) is 7.33. The molecule has 0 saturated carbocycles. The van der Waals surface area contributed by atoms with Gasteiger partial charge in [-0.2, -0.15) is 0 Å². The molecule has 2 nitrogen and oxygen atoms in total. The molecule has 4 heteroatoms. The molecule has 0 amide bonds. The molecule has 1 N–H and O–H groups in total. The number of hydrogen-bond acceptors (Lipinski definition) is 2. The summed E-state index contributed by atoms with van der Waals surface area (Å²) < 4.78 is 5.01. The van der Waals surface area contributed by atoms with E-state index in [1.165, 1.54) is 0 Å². The third-order valence-corrected chi connectivity index (χ3v) is 3.37. The van der Waals surface area contributed by atoms with E-state index in [0.717, 1.165) is 6.42 Å². The summed E-state index contributed by atoms with van der Waals surface area (Å²) in [5, 5.41) is 0. The molecule has 0 saturated heterocycles. The Morgan fingerprint density at radius 2 is 2.11 bits per heavy atom. The van der Waals surface area contributed by atoms with Crippen molar-refractivity contribution in [2.45, 2.75) is 20.3 Å². The number of hydrogen-bond donors (Lipinski definition) is 1. The van der Waals surface area contributed by atoms with Gasteiger partial charge in [-0.3, -0.25) is 0 Å². The molecule has 0 aromatic heterocycles. The first-order valence-electron chi connectivity index (χ1n) is 3.08. The predicted molar refractivity (Wildman–Crippen MR) is 43.3 cm³/mol. The second-order valence-corrected chi connectivity index (χ2v) is 5.66. The summed E-state index contributed by atoms with van der Waals surface area (Å²) in [6.07, 6.45) is 1.49. The van der Waals surface area contributed by atoms with Gasteiger partial charge < -0.3 is 9.42 Å². The second-order valence-electron chi connectivity index (χ2n) is 1.79. The van der Waals surface area contributed by atoms with Crippen LogP contribution in [0.5, 0.6) is 0 Å². The van der Waals surface area contributed by atoms with Gasteiger partial charge in [-0.05, 0) is 18.2 Å². The average molecular weight is 168 g/mol. The maximum absolute atomic E-state index is 9.16. The number of rotatable bonds is 4. The summed E-state index contributed by atoms with van der Waals surface area (Å²) in [5.41, 5.74) is 0. The molecule has 0 heterocycles. The van der Waals surface area contributed by atoms with Crippen molar-refractivity contribution in [1.29, 1.82) is 0 Å². The third kappa shape index (κ3) is 5.04. The summed E-state index contributed by atoms with van der Waals surface area (Å²) in [7, 11) is 0. The molecule has 0 spiro atoms. The fourth-order valence-corrected chi connectivity index (χ4v) is 1.20. The molecule has 0 bridgehead atoms. The molecule has 0 fully saturated rings. The molecular weight excluding hydrogens is 155 g/mol. The van der Waals surface area contributed by atoms with Crippen molar-refractivity contribution < 1.29 is 9.42 Å². The van der Waals surface area contributed by atoms with Crippen LogP contribution in [0.15, 0.2) is 0 Å². The van der Waals surface area contributed by atoms with Crippen molar-refractivity contribution in [2.75, 3.05) is 12.8 Å². The van der Waals surface area contributed by atoms with Gasteiger partial charge in [-0.15, -0.1) is 0 Å². The quantitative estimate of drug-likeness (QED) is 0.648. The van der Waals surface area contributed by atoms with E-state index in [-0.39, 0.29) is 0 Å². The van der Waals surface area contributed by atoms with Crippen LogP contribution in [0.1, 0.15) is 20.3 Å². The molecule has 0 aromatic rings. The van der Waals surface area contributed by atoms with E-state index in [9.17, 15) is 0 Å². The lowest BCUT2D eigenvalue weighted by Crippen LogP contribution is -1.92. The van der Waals surface area contributed by atoms with Crippen molar-refractivity contribution in [3.05, 3.63) is 0 Å². The Morgan fingerprint density at radius 3 is 2.44 bits per heavy atom. The third-order valence-electron chi connectivity index (χ3n) is 0.897. The lowest BCUT2D eigenvalue weighted by Gasteiger charge is -2.11. The van der Waals surface area contributed by atoms with Crippen LogP contribution in [-0.4, -0.2) is 17.7 Å². The fraction of sp³-hybridized carbons (Fsp3) is 1.00. The summed E-state index contributed by atoms with van der Waals surface area (Å²) in [5.74, 6) is 0. The molecule has 0 aliphatic heterocycles. The summed E-state index contributed by atoms with van der Waals surface area (Å²) >= 11 is 4.75. The van der Waals surface area contributed by atoms with E-state index in [1.807, 2.05) is 13.8 Å². The normalized spacial score (nSPS) is 17.2. The van der Waals surface area contributed by atoms with Gasteiger partial charge in [0.2, 0.25) is 0 Å². The highest BCUT2D eigenvalue weighted by molar-refractivity contribution is 8.09. The van der Waals surface area contributed by atoms with E-state index >= 15 is 0 Å². The van der Waals surface area contributed by atoms with Crippen LogP contribution >= 0.6 is 6.49 Å². The maximum Gasteiger partial charge on any atom is 0.185 e. The minimum Gasteiger partial charge on any atom is -0.345 e. The van der Waals surface area contributed by atoms with Crippen molar-refractivity contribution >= 4 is 18.3 Å². The monoisotopic (exact) mass is 168 g/mol. The van der Waals surface area contributed by atoms with Crippen molar-refractivity contribution in [1.82, 2.24) is 0 Å². The molecule has 1 unspecified atom stereocenters. The van der Waals surface area contributed by atoms with Crippen molar-refractivity contribution in [3.63, 3.8) is 0 Å². The van der Waals surface area contributed by atoms with Gasteiger partial charge in [-0.25, -0.2) is 0 Å². The van der Waals surface area contributed by atoms with E-state index in [2.05, 4.69) is 0 Å². The van der Waals surface area contributed by atoms with Gasteiger partial charge in [0.25, 0.3) is 0 Å². The first-order valence-corrected chi connectivity index (χ1v) is 5.94. The minimum absolute atomic E-state index is 0.572. The SMILES string of the molecule is CCCOP(O)(=S)CC. The predicted octanol–water partition coefficient (Wildman–Crippen LogP) is 1.73. The Hall–Kier alpha value is 0.570. The first-order chi connectivity index (χ1) is 4.12. The highest BCUT2D eigenvalue weighted by atomic mass is 32.5. The molecule has 0 aliphatic carbocycles. The topological polar surface area (TPSA) is 29.5 Å². The van der Waals surface area contributed by atoms with Gasteiger partial charge >= 0.3 is 0 Å². The van der Waals surface area contributed by atoms with Gasteiger partial charge in [0.1, 0.15) is 0 Å². The van der Waals surface area contributed by atoms with Crippen LogP contribution < -0.4 is 0 Å². The second kappa shape index (κ2) is 4.40. The van der Waals surface area contributed by atoms with Crippen molar-refractivity contribution in [2.24, 2.45) is 0 Å². The smallest absolute Gasteiger partial charge is 0.185 e. The Labute approximate surface area is 61.4 Å². The van der Waals surface area contributed by atoms with Crippen molar-refractivity contribution in [3.8, 4) is 0 Å².